The molecule has 2 N–H and O–H groups in total. The summed E-state index contributed by atoms with van der Waals surface area (Å²) in [5.41, 5.74) is 1.43. The second kappa shape index (κ2) is 6.23. The van der Waals surface area contributed by atoms with E-state index in [1.54, 1.807) is 30.3 Å². The Bertz CT molecular complexity index is 657. The summed E-state index contributed by atoms with van der Waals surface area (Å²) in [4.78, 5) is 29.9. The molecule has 114 valence electrons. The quantitative estimate of drug-likeness (QED) is 0.861. The highest BCUT2D eigenvalue weighted by Gasteiger charge is 2.29. The number of nitrogens with zero attached hydrogens (tertiary/aromatic N) is 2. The molecule has 0 aromatic heterocycles. The molecule has 2 aliphatic heterocycles. The monoisotopic (exact) mass is 317 g/mol. The van der Waals surface area contributed by atoms with Crippen LogP contribution in [0.4, 0.5) is 0 Å². The molecule has 0 aliphatic carbocycles. The zero-order valence-corrected chi connectivity index (χ0v) is 12.5. The van der Waals surface area contributed by atoms with Crippen molar-refractivity contribution in [2.45, 2.75) is 12.5 Å². The van der Waals surface area contributed by atoms with Crippen molar-refractivity contribution in [2.75, 3.05) is 13.1 Å². The molecule has 1 aromatic carbocycles. The van der Waals surface area contributed by atoms with E-state index in [-0.39, 0.29) is 12.3 Å². The normalized spacial score (nSPS) is 17.5. The van der Waals surface area contributed by atoms with Crippen molar-refractivity contribution < 1.29 is 14.7 Å². The van der Waals surface area contributed by atoms with E-state index >= 15 is 0 Å². The maximum absolute atomic E-state index is 12.2. The predicted molar refractivity (Wildman–Crippen MR) is 84.3 cm³/mol. The minimum absolute atomic E-state index is 0.155. The van der Waals surface area contributed by atoms with Crippen LogP contribution in [0.15, 0.2) is 46.4 Å². The molecule has 3 rings (SSSR count). The van der Waals surface area contributed by atoms with Gasteiger partial charge in [-0.25, -0.2) is 4.79 Å². The molecule has 0 fully saturated rings. The van der Waals surface area contributed by atoms with Crippen LogP contribution in [0.25, 0.3) is 0 Å². The van der Waals surface area contributed by atoms with Gasteiger partial charge in [0.2, 0.25) is 5.91 Å². The van der Waals surface area contributed by atoms with Crippen LogP contribution in [0, 0.1) is 0 Å². The van der Waals surface area contributed by atoms with Crippen LogP contribution in [0.3, 0.4) is 0 Å². The number of carbonyl (C=O) groups is 2. The number of aliphatic carboxylic acids is 1. The lowest BCUT2D eigenvalue weighted by molar-refractivity contribution is -0.142. The third kappa shape index (κ3) is 2.99. The maximum Gasteiger partial charge on any atom is 0.330 e. The Balaban J connectivity index is 1.65. The highest BCUT2D eigenvalue weighted by atomic mass is 32.2. The number of aliphatic imine (C=N–C) groups is 1. The lowest BCUT2D eigenvalue weighted by atomic mass is 10.1. The summed E-state index contributed by atoms with van der Waals surface area (Å²) < 4.78 is 0. The Hall–Kier alpha value is -2.28. The van der Waals surface area contributed by atoms with Crippen molar-refractivity contribution in [1.29, 1.82) is 0 Å². The first-order valence-electron chi connectivity index (χ1n) is 6.90. The number of amidine groups is 1. The van der Waals surface area contributed by atoms with Crippen LogP contribution >= 0.6 is 11.8 Å². The van der Waals surface area contributed by atoms with Gasteiger partial charge in [-0.15, -0.1) is 0 Å². The summed E-state index contributed by atoms with van der Waals surface area (Å²) in [6.45, 7) is 1.52. The Labute approximate surface area is 131 Å². The van der Waals surface area contributed by atoms with Crippen molar-refractivity contribution in [2.24, 2.45) is 4.99 Å². The fourth-order valence-corrected chi connectivity index (χ4v) is 3.38. The van der Waals surface area contributed by atoms with E-state index in [0.717, 1.165) is 24.0 Å². The van der Waals surface area contributed by atoms with Crippen molar-refractivity contribution in [3.8, 4) is 0 Å². The van der Waals surface area contributed by atoms with Gasteiger partial charge in [-0.2, -0.15) is 0 Å². The van der Waals surface area contributed by atoms with Gasteiger partial charge in [0.15, 0.2) is 11.2 Å². The van der Waals surface area contributed by atoms with Crippen LogP contribution in [0.5, 0.6) is 0 Å². The fourth-order valence-electron chi connectivity index (χ4n) is 2.43. The van der Waals surface area contributed by atoms with E-state index in [4.69, 9.17) is 0 Å². The number of fused-ring (bicyclic) bond motifs is 1. The Morgan fingerprint density at radius 1 is 1.36 bits per heavy atom. The van der Waals surface area contributed by atoms with E-state index < -0.39 is 12.0 Å². The second-order valence-corrected chi connectivity index (χ2v) is 5.81. The predicted octanol–water partition coefficient (Wildman–Crippen LogP) is 1.58. The molecular weight excluding hydrogens is 302 g/mol. The van der Waals surface area contributed by atoms with Crippen LogP contribution in [0.1, 0.15) is 18.0 Å². The Morgan fingerprint density at radius 2 is 2.14 bits per heavy atom. The SMILES string of the molecule is O=C(CC1=CSC2=NCCN12)NC(C(=O)O)c1ccccc1. The average molecular weight is 317 g/mol. The number of hydrogen-bond acceptors (Lipinski definition) is 5. The number of amides is 1. The molecule has 1 aromatic rings. The van der Waals surface area contributed by atoms with Gasteiger partial charge in [0.05, 0.1) is 13.0 Å². The van der Waals surface area contributed by atoms with E-state index in [9.17, 15) is 14.7 Å². The molecule has 1 atom stereocenters. The van der Waals surface area contributed by atoms with E-state index in [1.165, 1.54) is 11.8 Å². The van der Waals surface area contributed by atoms with Crippen LogP contribution in [-0.2, 0) is 9.59 Å². The minimum Gasteiger partial charge on any atom is -0.479 e. The van der Waals surface area contributed by atoms with Gasteiger partial charge in [-0.05, 0) is 11.0 Å². The number of carboxylic acid groups (broad SMARTS) is 1. The van der Waals surface area contributed by atoms with E-state index in [0.29, 0.717) is 5.56 Å². The summed E-state index contributed by atoms with van der Waals surface area (Å²) in [7, 11) is 0. The van der Waals surface area contributed by atoms with Gasteiger partial charge in [0, 0.05) is 12.2 Å². The number of hydrogen-bond donors (Lipinski definition) is 2. The summed E-state index contributed by atoms with van der Waals surface area (Å²) in [6, 6.07) is 7.65. The van der Waals surface area contributed by atoms with Crippen LogP contribution < -0.4 is 5.32 Å². The zero-order chi connectivity index (χ0) is 15.5. The molecule has 7 heteroatoms. The third-order valence-corrected chi connectivity index (χ3v) is 4.43. The second-order valence-electron chi connectivity index (χ2n) is 4.97. The average Bonchev–Trinajstić information content (AvgIpc) is 3.10. The molecule has 22 heavy (non-hydrogen) atoms. The smallest absolute Gasteiger partial charge is 0.330 e. The van der Waals surface area contributed by atoms with Gasteiger partial charge < -0.3 is 15.3 Å². The highest BCUT2D eigenvalue weighted by Crippen LogP contribution is 2.30. The van der Waals surface area contributed by atoms with Crippen LogP contribution in [-0.4, -0.2) is 40.1 Å². The highest BCUT2D eigenvalue weighted by molar-refractivity contribution is 8.16. The van der Waals surface area contributed by atoms with Crippen LogP contribution in [0.2, 0.25) is 0 Å². The standard InChI is InChI=1S/C15H15N3O3S/c19-12(8-11-9-22-15-16-6-7-18(11)15)17-13(14(20)21)10-4-2-1-3-5-10/h1-5,9,13H,6-8H2,(H,17,19)(H,20,21). The van der Waals surface area contributed by atoms with Gasteiger partial charge in [0.25, 0.3) is 0 Å². The number of thioether (sulfide) groups is 1. The lowest BCUT2D eigenvalue weighted by Gasteiger charge is -2.18. The molecule has 0 radical (unpaired) electrons. The third-order valence-electron chi connectivity index (χ3n) is 3.48. The molecule has 0 saturated heterocycles. The lowest BCUT2D eigenvalue weighted by Crippen LogP contribution is -2.35. The summed E-state index contributed by atoms with van der Waals surface area (Å²) >= 11 is 1.50. The van der Waals surface area contributed by atoms with Gasteiger partial charge in [-0.3, -0.25) is 9.79 Å². The molecule has 1 unspecified atom stereocenters. The first-order chi connectivity index (χ1) is 10.6. The van der Waals surface area contributed by atoms with Gasteiger partial charge >= 0.3 is 5.97 Å². The first-order valence-corrected chi connectivity index (χ1v) is 7.78. The molecule has 0 saturated carbocycles. The van der Waals surface area contributed by atoms with Crippen molar-refractivity contribution in [3.63, 3.8) is 0 Å². The summed E-state index contributed by atoms with van der Waals surface area (Å²) in [5, 5.41) is 14.7. The molecule has 0 spiro atoms. The summed E-state index contributed by atoms with van der Waals surface area (Å²) in [5.74, 6) is -1.38. The molecule has 2 heterocycles. The van der Waals surface area contributed by atoms with E-state index in [2.05, 4.69) is 10.3 Å². The molecule has 2 aliphatic rings. The largest absolute Gasteiger partial charge is 0.479 e. The zero-order valence-electron chi connectivity index (χ0n) is 11.7. The maximum atomic E-state index is 12.2. The fraction of sp³-hybridized carbons (Fsp3) is 0.267. The van der Waals surface area contributed by atoms with Crippen molar-refractivity contribution in [3.05, 3.63) is 47.0 Å². The molecule has 6 nitrogen and oxygen atoms in total. The van der Waals surface area contributed by atoms with Gasteiger partial charge in [-0.1, -0.05) is 42.1 Å². The number of rotatable bonds is 5. The number of benzene rings is 1. The van der Waals surface area contributed by atoms with Crippen molar-refractivity contribution >= 4 is 28.8 Å². The molecule has 0 bridgehead atoms. The number of carboxylic acids is 1. The Morgan fingerprint density at radius 3 is 2.86 bits per heavy atom. The number of carbonyl (C=O) groups excluding carboxylic acids is 1. The molecular formula is C15H15N3O3S. The van der Waals surface area contributed by atoms with Crippen molar-refractivity contribution in [1.82, 2.24) is 10.2 Å². The Kier molecular flexibility index (Phi) is 4.15. The molecule has 1 amide bonds. The minimum atomic E-state index is -1.07. The van der Waals surface area contributed by atoms with Gasteiger partial charge in [0.1, 0.15) is 0 Å². The first kappa shape index (κ1) is 14.6. The van der Waals surface area contributed by atoms with E-state index in [1.807, 2.05) is 10.3 Å². The topological polar surface area (TPSA) is 82.0 Å². The number of nitrogens with one attached hydrogen (secondary N) is 1. The summed E-state index contributed by atoms with van der Waals surface area (Å²) in [6.07, 6.45) is 0.155.